The van der Waals surface area contributed by atoms with Crippen LogP contribution in [0.3, 0.4) is 0 Å². The van der Waals surface area contributed by atoms with Gasteiger partial charge in [-0.3, -0.25) is 5.41 Å². The fourth-order valence-electron chi connectivity index (χ4n) is 1.63. The highest BCUT2D eigenvalue weighted by atomic mass is 16.5. The molecule has 4 nitrogen and oxygen atoms in total. The summed E-state index contributed by atoms with van der Waals surface area (Å²) < 4.78 is 5.08. The summed E-state index contributed by atoms with van der Waals surface area (Å²) in [5.74, 6) is 0.102. The number of ether oxygens (including phenoxy) is 1. The van der Waals surface area contributed by atoms with Crippen LogP contribution in [-0.4, -0.2) is 32.6 Å². The Labute approximate surface area is 103 Å². The normalized spacial score (nSPS) is 12.2. The third kappa shape index (κ3) is 3.75. The maximum atomic E-state index is 7.43. The van der Waals surface area contributed by atoms with Crippen molar-refractivity contribution in [1.82, 2.24) is 0 Å². The van der Waals surface area contributed by atoms with Crippen LogP contribution >= 0.6 is 0 Å². The molecule has 0 saturated heterocycles. The lowest BCUT2D eigenvalue weighted by molar-refractivity contribution is 0.189. The van der Waals surface area contributed by atoms with Gasteiger partial charge in [-0.05, 0) is 25.5 Å². The van der Waals surface area contributed by atoms with Crippen LogP contribution in [0.25, 0.3) is 0 Å². The number of hydrogen-bond donors (Lipinski definition) is 2. The number of rotatable bonds is 6. The van der Waals surface area contributed by atoms with Crippen LogP contribution in [0, 0.1) is 5.41 Å². The Morgan fingerprint density at radius 2 is 2.24 bits per heavy atom. The Morgan fingerprint density at radius 1 is 1.53 bits per heavy atom. The number of hydrogen-bond acceptors (Lipinski definition) is 3. The summed E-state index contributed by atoms with van der Waals surface area (Å²) in [6.45, 7) is 2.90. The number of nitrogens with zero attached hydrogens (tertiary/aromatic N) is 1. The lowest BCUT2D eigenvalue weighted by Crippen LogP contribution is -2.30. The molecule has 1 atom stereocenters. The maximum absolute atomic E-state index is 7.43. The first-order valence-corrected chi connectivity index (χ1v) is 5.72. The molecule has 1 rings (SSSR count). The van der Waals surface area contributed by atoms with Crippen LogP contribution in [0.1, 0.15) is 18.9 Å². The zero-order chi connectivity index (χ0) is 12.8. The van der Waals surface area contributed by atoms with E-state index in [1.54, 1.807) is 7.11 Å². The van der Waals surface area contributed by atoms with Gasteiger partial charge in [-0.15, -0.1) is 0 Å². The molecule has 1 unspecified atom stereocenters. The van der Waals surface area contributed by atoms with Crippen molar-refractivity contribution in [2.45, 2.75) is 19.4 Å². The van der Waals surface area contributed by atoms with Gasteiger partial charge in [-0.25, -0.2) is 0 Å². The molecule has 0 aliphatic heterocycles. The molecule has 1 aromatic carbocycles. The van der Waals surface area contributed by atoms with Gasteiger partial charge < -0.3 is 15.4 Å². The molecule has 0 saturated carbocycles. The minimum absolute atomic E-state index is 0.102. The fourth-order valence-corrected chi connectivity index (χ4v) is 1.63. The van der Waals surface area contributed by atoms with Crippen LogP contribution in [0.4, 0.5) is 5.69 Å². The maximum Gasteiger partial charge on any atom is 0.122 e. The Bertz CT molecular complexity index is 379. The molecule has 0 amide bonds. The van der Waals surface area contributed by atoms with Crippen molar-refractivity contribution in [2.75, 3.05) is 25.7 Å². The van der Waals surface area contributed by atoms with E-state index in [4.69, 9.17) is 15.9 Å². The van der Waals surface area contributed by atoms with Gasteiger partial charge in [0.15, 0.2) is 0 Å². The highest BCUT2D eigenvalue weighted by Crippen LogP contribution is 2.18. The second-order valence-corrected chi connectivity index (χ2v) is 4.21. The zero-order valence-corrected chi connectivity index (χ0v) is 10.7. The summed E-state index contributed by atoms with van der Waals surface area (Å²) in [6, 6.07) is 8.11. The summed E-state index contributed by atoms with van der Waals surface area (Å²) in [5.41, 5.74) is 7.31. The van der Waals surface area contributed by atoms with Crippen molar-refractivity contribution in [3.8, 4) is 0 Å². The van der Waals surface area contributed by atoms with Gasteiger partial charge in [-0.1, -0.05) is 12.1 Å². The number of anilines is 1. The second-order valence-electron chi connectivity index (χ2n) is 4.21. The van der Waals surface area contributed by atoms with Crippen LogP contribution in [0.15, 0.2) is 24.3 Å². The third-order valence-electron chi connectivity index (χ3n) is 2.97. The number of amidine groups is 1. The lowest BCUT2D eigenvalue weighted by atomic mass is 10.1. The largest absolute Gasteiger partial charge is 0.385 e. The molecule has 0 heterocycles. The minimum Gasteiger partial charge on any atom is -0.385 e. The van der Waals surface area contributed by atoms with E-state index in [-0.39, 0.29) is 5.84 Å². The molecule has 94 valence electrons. The third-order valence-corrected chi connectivity index (χ3v) is 2.97. The first kappa shape index (κ1) is 13.5. The number of benzene rings is 1. The SMILES string of the molecule is COCCC(C)N(C)c1cccc(C(=N)N)c1. The number of nitrogen functional groups attached to an aromatic ring is 1. The van der Waals surface area contributed by atoms with Crippen LogP contribution in [0.2, 0.25) is 0 Å². The minimum atomic E-state index is 0.102. The molecule has 3 N–H and O–H groups in total. The summed E-state index contributed by atoms with van der Waals surface area (Å²) >= 11 is 0. The first-order chi connectivity index (χ1) is 8.06. The van der Waals surface area contributed by atoms with Crippen molar-refractivity contribution < 1.29 is 4.74 Å². The van der Waals surface area contributed by atoms with E-state index in [2.05, 4.69) is 11.8 Å². The van der Waals surface area contributed by atoms with Crippen LogP contribution in [0.5, 0.6) is 0 Å². The van der Waals surface area contributed by atoms with Gasteiger partial charge in [0.25, 0.3) is 0 Å². The summed E-state index contributed by atoms with van der Waals surface area (Å²) in [7, 11) is 3.75. The topological polar surface area (TPSA) is 62.3 Å². The van der Waals surface area contributed by atoms with E-state index >= 15 is 0 Å². The van der Waals surface area contributed by atoms with Crippen molar-refractivity contribution in [3.05, 3.63) is 29.8 Å². The van der Waals surface area contributed by atoms with E-state index in [1.165, 1.54) is 0 Å². The first-order valence-electron chi connectivity index (χ1n) is 5.72. The second kappa shape index (κ2) is 6.25. The van der Waals surface area contributed by atoms with Gasteiger partial charge in [0.1, 0.15) is 5.84 Å². The molecular formula is C13H21N3O. The number of nitrogens with two attached hydrogens (primary N) is 1. The molecule has 0 aliphatic rings. The molecule has 0 fully saturated rings. The highest BCUT2D eigenvalue weighted by Gasteiger charge is 2.10. The molecular weight excluding hydrogens is 214 g/mol. The number of nitrogens with one attached hydrogen (secondary N) is 1. The number of methoxy groups -OCH3 is 1. The molecule has 1 aromatic rings. The molecule has 17 heavy (non-hydrogen) atoms. The molecule has 4 heteroatoms. The van der Waals surface area contributed by atoms with Crippen molar-refractivity contribution in [2.24, 2.45) is 5.73 Å². The van der Waals surface area contributed by atoms with Crippen molar-refractivity contribution in [3.63, 3.8) is 0 Å². The Kier molecular flexibility index (Phi) is 4.97. The van der Waals surface area contributed by atoms with E-state index in [0.29, 0.717) is 6.04 Å². The summed E-state index contributed by atoms with van der Waals surface area (Å²) in [6.07, 6.45) is 0.970. The Morgan fingerprint density at radius 3 is 2.82 bits per heavy atom. The van der Waals surface area contributed by atoms with E-state index in [0.717, 1.165) is 24.3 Å². The predicted molar refractivity (Wildman–Crippen MR) is 71.8 cm³/mol. The van der Waals surface area contributed by atoms with E-state index in [1.807, 2.05) is 31.3 Å². The van der Waals surface area contributed by atoms with E-state index < -0.39 is 0 Å². The molecule has 0 radical (unpaired) electrons. The standard InChI is InChI=1S/C13H21N3O/c1-10(7-8-17-3)16(2)12-6-4-5-11(9-12)13(14)15/h4-6,9-10H,7-8H2,1-3H3,(H3,14,15). The highest BCUT2D eigenvalue weighted by molar-refractivity contribution is 5.95. The van der Waals surface area contributed by atoms with Gasteiger partial charge in [-0.2, -0.15) is 0 Å². The average molecular weight is 235 g/mol. The van der Waals surface area contributed by atoms with Crippen molar-refractivity contribution in [1.29, 1.82) is 5.41 Å². The molecule has 0 aliphatic carbocycles. The Balaban J connectivity index is 2.77. The van der Waals surface area contributed by atoms with Gasteiger partial charge in [0.05, 0.1) is 0 Å². The molecule has 0 bridgehead atoms. The Hall–Kier alpha value is -1.55. The van der Waals surface area contributed by atoms with Gasteiger partial charge in [0.2, 0.25) is 0 Å². The quantitative estimate of drug-likeness (QED) is 0.584. The monoisotopic (exact) mass is 235 g/mol. The lowest BCUT2D eigenvalue weighted by Gasteiger charge is -2.27. The fraction of sp³-hybridized carbons (Fsp3) is 0.462. The molecule has 0 spiro atoms. The summed E-state index contributed by atoms with van der Waals surface area (Å²) in [5, 5.41) is 7.43. The van der Waals surface area contributed by atoms with Crippen LogP contribution in [-0.2, 0) is 4.74 Å². The average Bonchev–Trinajstić information content (AvgIpc) is 2.35. The van der Waals surface area contributed by atoms with Crippen molar-refractivity contribution >= 4 is 11.5 Å². The van der Waals surface area contributed by atoms with Crippen LogP contribution < -0.4 is 10.6 Å². The zero-order valence-electron chi connectivity index (χ0n) is 10.7. The van der Waals surface area contributed by atoms with E-state index in [9.17, 15) is 0 Å². The predicted octanol–water partition coefficient (Wildman–Crippen LogP) is 1.83. The smallest absolute Gasteiger partial charge is 0.122 e. The van der Waals surface area contributed by atoms with Gasteiger partial charge >= 0.3 is 0 Å². The molecule has 0 aromatic heterocycles. The van der Waals surface area contributed by atoms with Gasteiger partial charge in [0, 0.05) is 38.1 Å². The summed E-state index contributed by atoms with van der Waals surface area (Å²) in [4.78, 5) is 2.17.